The Morgan fingerprint density at radius 3 is 2.62 bits per heavy atom. The molecule has 5 heteroatoms. The van der Waals surface area contributed by atoms with Crippen molar-refractivity contribution in [1.29, 1.82) is 0 Å². The number of carbonyl (C=O) groups is 1. The van der Waals surface area contributed by atoms with Crippen molar-refractivity contribution in [3.8, 4) is 5.75 Å². The molecular weight excluding hydrogens is 324 g/mol. The van der Waals surface area contributed by atoms with E-state index in [0.717, 1.165) is 38.1 Å². The molecule has 1 saturated carbocycles. The van der Waals surface area contributed by atoms with E-state index < -0.39 is 0 Å². The molecule has 1 aliphatic heterocycles. The third-order valence-electron chi connectivity index (χ3n) is 5.45. The molecule has 3 rings (SSSR count). The molecule has 2 fully saturated rings. The first-order valence-electron chi connectivity index (χ1n) is 9.12. The molecule has 1 amide bonds. The third-order valence-corrected chi connectivity index (χ3v) is 5.70. The van der Waals surface area contributed by atoms with Crippen LogP contribution in [0.15, 0.2) is 24.3 Å². The topological polar surface area (TPSA) is 34.0 Å². The SMILES string of the molecule is C[C@H]1CCC[C@H]([NH+]2CCN(C(=O)COc3ccc(Cl)cc3)CC2)C1. The number of amides is 1. The fourth-order valence-electron chi connectivity index (χ4n) is 4.02. The maximum Gasteiger partial charge on any atom is 0.260 e. The summed E-state index contributed by atoms with van der Waals surface area (Å²) in [5.41, 5.74) is 0. The van der Waals surface area contributed by atoms with E-state index in [2.05, 4.69) is 6.92 Å². The molecule has 2 aliphatic rings. The highest BCUT2D eigenvalue weighted by Gasteiger charge is 2.31. The zero-order valence-electron chi connectivity index (χ0n) is 14.5. The largest absolute Gasteiger partial charge is 0.484 e. The second-order valence-electron chi connectivity index (χ2n) is 7.25. The van der Waals surface area contributed by atoms with Gasteiger partial charge in [-0.2, -0.15) is 0 Å². The van der Waals surface area contributed by atoms with Gasteiger partial charge < -0.3 is 14.5 Å². The lowest BCUT2D eigenvalue weighted by molar-refractivity contribution is -0.930. The van der Waals surface area contributed by atoms with Gasteiger partial charge in [-0.15, -0.1) is 0 Å². The predicted octanol–water partition coefficient (Wildman–Crippen LogP) is 2.02. The quantitative estimate of drug-likeness (QED) is 0.900. The average Bonchev–Trinajstić information content (AvgIpc) is 2.61. The lowest BCUT2D eigenvalue weighted by Crippen LogP contribution is -3.18. The van der Waals surface area contributed by atoms with E-state index in [4.69, 9.17) is 16.3 Å². The monoisotopic (exact) mass is 351 g/mol. The summed E-state index contributed by atoms with van der Waals surface area (Å²) in [6.45, 7) is 6.33. The Morgan fingerprint density at radius 2 is 1.96 bits per heavy atom. The van der Waals surface area contributed by atoms with Crippen LogP contribution in [0.3, 0.4) is 0 Å². The fourth-order valence-corrected chi connectivity index (χ4v) is 4.15. The molecule has 1 aromatic rings. The van der Waals surface area contributed by atoms with Crippen molar-refractivity contribution in [2.24, 2.45) is 5.92 Å². The molecular formula is C19H28ClN2O2+. The molecule has 1 aromatic carbocycles. The smallest absolute Gasteiger partial charge is 0.260 e. The van der Waals surface area contributed by atoms with Gasteiger partial charge in [-0.05, 0) is 43.0 Å². The van der Waals surface area contributed by atoms with Crippen LogP contribution in [0.4, 0.5) is 0 Å². The Hall–Kier alpha value is -1.26. The second kappa shape index (κ2) is 8.21. The van der Waals surface area contributed by atoms with Crippen molar-refractivity contribution in [1.82, 2.24) is 4.90 Å². The number of halogens is 1. The van der Waals surface area contributed by atoms with Gasteiger partial charge in [0.25, 0.3) is 5.91 Å². The van der Waals surface area contributed by atoms with Crippen molar-refractivity contribution in [2.75, 3.05) is 32.8 Å². The number of carbonyl (C=O) groups excluding carboxylic acids is 1. The number of nitrogens with one attached hydrogen (secondary N) is 1. The Labute approximate surface area is 149 Å². The highest BCUT2D eigenvalue weighted by Crippen LogP contribution is 2.22. The number of benzene rings is 1. The highest BCUT2D eigenvalue weighted by atomic mass is 35.5. The Morgan fingerprint density at radius 1 is 1.25 bits per heavy atom. The van der Waals surface area contributed by atoms with Crippen molar-refractivity contribution < 1.29 is 14.4 Å². The minimum absolute atomic E-state index is 0.0843. The number of quaternary nitrogens is 1. The average molecular weight is 352 g/mol. The first kappa shape index (κ1) is 17.6. The van der Waals surface area contributed by atoms with Crippen LogP contribution < -0.4 is 9.64 Å². The summed E-state index contributed by atoms with van der Waals surface area (Å²) in [6.07, 6.45) is 5.46. The lowest BCUT2D eigenvalue weighted by Gasteiger charge is -2.39. The molecule has 0 aromatic heterocycles. The first-order chi connectivity index (χ1) is 11.6. The van der Waals surface area contributed by atoms with Gasteiger partial charge in [0.1, 0.15) is 5.75 Å². The van der Waals surface area contributed by atoms with Gasteiger partial charge in [0, 0.05) is 11.4 Å². The highest BCUT2D eigenvalue weighted by molar-refractivity contribution is 6.30. The van der Waals surface area contributed by atoms with Gasteiger partial charge in [0.05, 0.1) is 32.2 Å². The van der Waals surface area contributed by atoms with Crippen molar-refractivity contribution in [3.05, 3.63) is 29.3 Å². The molecule has 1 aliphatic carbocycles. The molecule has 1 heterocycles. The summed E-state index contributed by atoms with van der Waals surface area (Å²) >= 11 is 5.85. The van der Waals surface area contributed by atoms with Gasteiger partial charge >= 0.3 is 0 Å². The summed E-state index contributed by atoms with van der Waals surface area (Å²) in [5, 5.41) is 0.671. The number of piperazine rings is 1. The van der Waals surface area contributed by atoms with E-state index in [1.54, 1.807) is 29.2 Å². The normalized spacial score (nSPS) is 25.5. The lowest BCUT2D eigenvalue weighted by atomic mass is 9.86. The number of hydrogen-bond acceptors (Lipinski definition) is 2. The van der Waals surface area contributed by atoms with Crippen LogP contribution in [0.5, 0.6) is 5.75 Å². The summed E-state index contributed by atoms with van der Waals surface area (Å²) in [4.78, 5) is 16.0. The maximum absolute atomic E-state index is 12.3. The zero-order chi connectivity index (χ0) is 16.9. The van der Waals surface area contributed by atoms with E-state index >= 15 is 0 Å². The van der Waals surface area contributed by atoms with Crippen LogP contribution in [0.1, 0.15) is 32.6 Å². The van der Waals surface area contributed by atoms with E-state index in [0.29, 0.717) is 10.8 Å². The Bertz CT molecular complexity index is 541. The molecule has 0 unspecified atom stereocenters. The van der Waals surface area contributed by atoms with Crippen LogP contribution in [-0.2, 0) is 4.79 Å². The number of rotatable bonds is 4. The van der Waals surface area contributed by atoms with Crippen LogP contribution >= 0.6 is 11.6 Å². The Kier molecular flexibility index (Phi) is 6.01. The molecule has 0 bridgehead atoms. The maximum atomic E-state index is 12.3. The summed E-state index contributed by atoms with van der Waals surface area (Å²) in [6, 6.07) is 7.93. The first-order valence-corrected chi connectivity index (χ1v) is 9.50. The Balaban J connectivity index is 1.42. The second-order valence-corrected chi connectivity index (χ2v) is 7.69. The molecule has 2 atom stereocenters. The van der Waals surface area contributed by atoms with Crippen molar-refractivity contribution >= 4 is 17.5 Å². The van der Waals surface area contributed by atoms with Crippen LogP contribution in [-0.4, -0.2) is 49.6 Å². The summed E-state index contributed by atoms with van der Waals surface area (Å²) < 4.78 is 5.58. The minimum Gasteiger partial charge on any atom is -0.484 e. The molecule has 132 valence electrons. The standard InChI is InChI=1S/C19H27ClN2O2/c1-15-3-2-4-17(13-15)21-9-11-22(12-10-21)19(23)14-24-18-7-5-16(20)6-8-18/h5-8,15,17H,2-4,9-14H2,1H3/p+1/t15-,17-/m0/s1. The van der Waals surface area contributed by atoms with E-state index in [-0.39, 0.29) is 12.5 Å². The van der Waals surface area contributed by atoms with Gasteiger partial charge in [0.2, 0.25) is 0 Å². The summed E-state index contributed by atoms with van der Waals surface area (Å²) in [7, 11) is 0. The van der Waals surface area contributed by atoms with Gasteiger partial charge in [0.15, 0.2) is 6.61 Å². The van der Waals surface area contributed by atoms with Crippen LogP contribution in [0.2, 0.25) is 5.02 Å². The van der Waals surface area contributed by atoms with Crippen LogP contribution in [0, 0.1) is 5.92 Å². The number of hydrogen-bond donors (Lipinski definition) is 1. The van der Waals surface area contributed by atoms with Gasteiger partial charge in [-0.3, -0.25) is 4.79 Å². The van der Waals surface area contributed by atoms with E-state index in [9.17, 15) is 4.79 Å². The van der Waals surface area contributed by atoms with Crippen LogP contribution in [0.25, 0.3) is 0 Å². The van der Waals surface area contributed by atoms with E-state index in [1.807, 2.05) is 4.90 Å². The number of nitrogens with zero attached hydrogens (tertiary/aromatic N) is 1. The molecule has 0 spiro atoms. The van der Waals surface area contributed by atoms with Gasteiger partial charge in [-0.25, -0.2) is 0 Å². The fraction of sp³-hybridized carbons (Fsp3) is 0.632. The molecule has 1 saturated heterocycles. The number of ether oxygens (including phenoxy) is 1. The van der Waals surface area contributed by atoms with Gasteiger partial charge in [-0.1, -0.05) is 24.9 Å². The predicted molar refractivity (Wildman–Crippen MR) is 95.6 cm³/mol. The zero-order valence-corrected chi connectivity index (χ0v) is 15.2. The summed E-state index contributed by atoms with van der Waals surface area (Å²) in [5.74, 6) is 1.64. The molecule has 24 heavy (non-hydrogen) atoms. The van der Waals surface area contributed by atoms with E-state index in [1.165, 1.54) is 25.7 Å². The van der Waals surface area contributed by atoms with Crippen molar-refractivity contribution in [2.45, 2.75) is 38.6 Å². The molecule has 0 radical (unpaired) electrons. The minimum atomic E-state index is 0.0843. The van der Waals surface area contributed by atoms with Crippen molar-refractivity contribution in [3.63, 3.8) is 0 Å². The molecule has 4 nitrogen and oxygen atoms in total. The third kappa shape index (κ3) is 4.64. The molecule has 1 N–H and O–H groups in total.